The van der Waals surface area contributed by atoms with E-state index in [1.54, 1.807) is 60.7 Å². The predicted molar refractivity (Wildman–Crippen MR) is 480 cm³/mol. The van der Waals surface area contributed by atoms with Gasteiger partial charge in [0.05, 0.1) is 70.5 Å². The van der Waals surface area contributed by atoms with Gasteiger partial charge in [-0.05, 0) is 231 Å². The zero-order valence-corrected chi connectivity index (χ0v) is 72.7. The van der Waals surface area contributed by atoms with Crippen LogP contribution < -0.4 is 45.7 Å². The summed E-state index contributed by atoms with van der Waals surface area (Å²) in [4.78, 5) is 106. The van der Waals surface area contributed by atoms with Gasteiger partial charge in [0.15, 0.2) is 11.5 Å². The minimum Gasteiger partial charge on any atom is -0.508 e. The summed E-state index contributed by atoms with van der Waals surface area (Å²) >= 11 is 16.3. The molecule has 15 rings (SSSR count). The Morgan fingerprint density at radius 2 is 1.03 bits per heavy atom. The Kier molecular flexibility index (Phi) is 33.4. The highest BCUT2D eigenvalue weighted by molar-refractivity contribution is 9.10. The number of rotatable bonds is 14. The second-order valence-corrected chi connectivity index (χ2v) is 33.3. The Labute approximate surface area is 755 Å². The number of carbonyl (C=O) groups excluding carboxylic acids is 7. The van der Waals surface area contributed by atoms with Crippen molar-refractivity contribution in [3.05, 3.63) is 321 Å². The van der Waals surface area contributed by atoms with Gasteiger partial charge in [-0.3, -0.25) is 44.2 Å². The van der Waals surface area contributed by atoms with Crippen LogP contribution in [-0.2, 0) is 48.1 Å². The van der Waals surface area contributed by atoms with Gasteiger partial charge in [0.1, 0.15) is 55.4 Å². The molecule has 11 N–H and O–H groups in total. The third kappa shape index (κ3) is 28.3. The number of hydrogen-bond acceptors (Lipinski definition) is 25. The number of phenols is 3. The molecule has 27 nitrogen and oxygen atoms in total. The van der Waals surface area contributed by atoms with Gasteiger partial charge in [0.25, 0.3) is 28.2 Å². The normalized spacial score (nSPS) is 15.2. The Balaban J connectivity index is 0.000000169. The largest absolute Gasteiger partial charge is 0.508 e. The first-order valence-electron chi connectivity index (χ1n) is 36.3. The van der Waals surface area contributed by atoms with Crippen LogP contribution >= 0.6 is 75.0 Å². The van der Waals surface area contributed by atoms with E-state index in [1.165, 1.54) is 97.3 Å². The number of nitrogens with one attached hydrogen (secondary N) is 4. The van der Waals surface area contributed by atoms with Crippen LogP contribution in [0.5, 0.6) is 28.7 Å². The summed E-state index contributed by atoms with van der Waals surface area (Å²) in [6, 6.07) is 54.7. The minimum atomic E-state index is -4.44. The summed E-state index contributed by atoms with van der Waals surface area (Å²) in [7, 11) is 3.83. The molecule has 128 heavy (non-hydrogen) atoms. The van der Waals surface area contributed by atoms with E-state index in [9.17, 15) is 88.1 Å². The molecule has 1 aromatic heterocycles. The number of carboxylic acids is 2. The maximum atomic E-state index is 12.5. The van der Waals surface area contributed by atoms with E-state index in [2.05, 4.69) is 31.9 Å². The maximum Gasteiger partial charge on any atom is 0.416 e. The number of fused-ring (bicyclic) bond motifs is 2. The van der Waals surface area contributed by atoms with Crippen LogP contribution in [0.4, 0.5) is 53.0 Å². The van der Waals surface area contributed by atoms with E-state index in [0.29, 0.717) is 75.6 Å². The number of thiocarbonyl (C=S) groups is 1. The fraction of sp³-hybridized carbons (Fsp3) is 0.0795. The van der Waals surface area contributed by atoms with Crippen molar-refractivity contribution >= 4 is 195 Å². The lowest BCUT2D eigenvalue weighted by atomic mass is 10.1. The molecule has 0 spiro atoms. The van der Waals surface area contributed by atoms with E-state index in [-0.39, 0.29) is 90.5 Å². The number of nitrogens with zero attached hydrogens (tertiary/aromatic N) is 3. The standard InChI is InChI=1S/C17H15NO3.C17H15NO2.C12H11ClN2O5S.C11H6F3NO2S.C11H6F3NOS2.C10H6BrNO3S.C10H7NO3/c1-18(2)12-5-3-11(4-6-12)9-16-17(20)14-8-7-13(19)10-15(14)21-16;1-18(2)13-9-7-12(8-10-13)11-16-17(19)14-5-3-4-6-15(14)20-16;13-9-5-10(15-6-7-2-1-3-20-7)8(12(16)17)4-11(9)21(14,18)19;2*12-11(13,14)7-3-1-2-6(4-7)5-8-9(16)15-10(17)18-8;11-6-3-5(1-2-7(6)13)4-8-9(14)12-10(15)16-8;11-6-8(10(13)14)5-7-1-3-9(12)4-2-7/h3-10,19H,1-2H3;3-11H,1-2H3;1-5,15H,6H2,(H,16,17)(H2,14,18,19);2*1-5H,(H,15,16,17);1-4,13H,(H,12,14,15);1-5,12H,(H,13,14)/b16-9+;16-11+;;2*8-5-;8-4-;8-5-. The number of benzene rings is 9. The fourth-order valence-corrected chi connectivity index (χ4v) is 14.8. The van der Waals surface area contributed by atoms with Crippen molar-refractivity contribution in [3.8, 4) is 34.8 Å². The second kappa shape index (κ2) is 43.8. The zero-order chi connectivity index (χ0) is 93.6. The van der Waals surface area contributed by atoms with Crippen LogP contribution in [0.15, 0.2) is 258 Å². The van der Waals surface area contributed by atoms with Crippen LogP contribution in [0.25, 0.3) is 36.5 Å². The molecule has 5 aliphatic rings. The first-order chi connectivity index (χ1) is 60.4. The van der Waals surface area contributed by atoms with Crippen LogP contribution in [-0.4, -0.2) is 118 Å². The number of para-hydroxylation sites is 1. The van der Waals surface area contributed by atoms with Crippen LogP contribution in [0.2, 0.25) is 5.02 Å². The van der Waals surface area contributed by atoms with Gasteiger partial charge in [-0.2, -0.15) is 31.6 Å². The summed E-state index contributed by atoms with van der Waals surface area (Å²) in [5.41, 5.74) is 5.00. The molecule has 3 fully saturated rings. The molecule has 5 aliphatic heterocycles. The number of amides is 5. The number of nitriles is 1. The van der Waals surface area contributed by atoms with Crippen molar-refractivity contribution in [1.82, 2.24) is 16.0 Å². The van der Waals surface area contributed by atoms with Gasteiger partial charge in [-0.1, -0.05) is 114 Å². The number of carbonyl (C=O) groups is 9. The number of aromatic hydroxyl groups is 3. The van der Waals surface area contributed by atoms with Crippen LogP contribution in [0.1, 0.15) is 81.3 Å². The Hall–Kier alpha value is -14.0. The summed E-state index contributed by atoms with van der Waals surface area (Å²) in [5.74, 6) is -1.60. The number of ketones is 2. The average Bonchev–Trinajstić information content (AvgIpc) is 1.67. The number of hydrogen-bond donors (Lipinski definition) is 10. The van der Waals surface area contributed by atoms with Crippen molar-refractivity contribution < 1.29 is 117 Å². The Morgan fingerprint density at radius 1 is 0.562 bits per heavy atom. The van der Waals surface area contributed by atoms with Crippen molar-refractivity contribution in [2.45, 2.75) is 23.8 Å². The van der Waals surface area contributed by atoms with E-state index in [1.807, 2.05) is 110 Å². The third-order valence-electron chi connectivity index (χ3n) is 17.1. The van der Waals surface area contributed by atoms with E-state index in [4.69, 9.17) is 63.4 Å². The number of imide groups is 2. The molecule has 9 aromatic carbocycles. The molecule has 0 unspecified atom stereocenters. The molecule has 0 aliphatic carbocycles. The van der Waals surface area contributed by atoms with E-state index < -0.39 is 61.5 Å². The Bertz CT molecular complexity index is 6260. The van der Waals surface area contributed by atoms with Crippen molar-refractivity contribution in [2.75, 3.05) is 43.3 Å². The molecule has 40 heteroatoms. The van der Waals surface area contributed by atoms with Gasteiger partial charge in [0.2, 0.25) is 21.6 Å². The zero-order valence-electron chi connectivity index (χ0n) is 66.3. The number of ether oxygens (including phenoxy) is 2. The smallest absolute Gasteiger partial charge is 0.416 e. The van der Waals surface area contributed by atoms with Gasteiger partial charge < -0.3 is 59.9 Å². The van der Waals surface area contributed by atoms with Crippen LogP contribution in [0.3, 0.4) is 0 Å². The number of anilines is 3. The predicted octanol–water partition coefficient (Wildman–Crippen LogP) is 18.4. The molecule has 0 bridgehead atoms. The molecule has 10 aromatic rings. The molecule has 3 saturated heterocycles. The maximum absolute atomic E-state index is 12.5. The van der Waals surface area contributed by atoms with Crippen molar-refractivity contribution in [2.24, 2.45) is 5.14 Å². The topological polar surface area (TPSA) is 425 Å². The molecule has 6 heterocycles. The number of Topliss-reactive ketones (excluding diaryl/α,β-unsaturated/α-hetero) is 2. The number of alkyl halides is 6. The molecular weight excluding hydrogens is 1860 g/mol. The number of primary sulfonamides is 1. The van der Waals surface area contributed by atoms with Gasteiger partial charge in [-0.25, -0.2) is 23.1 Å². The highest BCUT2D eigenvalue weighted by Crippen LogP contribution is 2.39. The molecule has 0 saturated carbocycles. The number of sulfonamides is 1. The minimum absolute atomic E-state index is 0.0581. The Morgan fingerprint density at radius 3 is 1.46 bits per heavy atom. The lowest BCUT2D eigenvalue weighted by molar-refractivity contribution is -0.138. The molecular formula is C88H66BrClF6N8O19S5. The second-order valence-electron chi connectivity index (χ2n) is 26.7. The monoisotopic (exact) mass is 1930 g/mol. The number of halogens is 8. The first-order valence-corrected chi connectivity index (χ1v) is 41.9. The summed E-state index contributed by atoms with van der Waals surface area (Å²) < 4.78 is 115. The van der Waals surface area contributed by atoms with Gasteiger partial charge in [-0.15, -0.1) is 0 Å². The molecule has 658 valence electrons. The van der Waals surface area contributed by atoms with E-state index in [0.717, 1.165) is 81.9 Å². The summed E-state index contributed by atoms with van der Waals surface area (Å²) in [5, 5.41) is 67.2. The number of furan rings is 1. The fourth-order valence-electron chi connectivity index (χ4n) is 10.9. The van der Waals surface area contributed by atoms with Gasteiger partial charge >= 0.3 is 24.3 Å². The molecule has 0 atom stereocenters. The number of carboxylic acid groups (broad SMARTS) is 2. The van der Waals surface area contributed by atoms with Crippen molar-refractivity contribution in [3.63, 3.8) is 0 Å². The third-order valence-corrected chi connectivity index (χ3v) is 21.9. The number of nitrogens with two attached hydrogens (primary N) is 1. The average molecular weight is 1930 g/mol. The lowest BCUT2D eigenvalue weighted by Gasteiger charge is -2.11. The summed E-state index contributed by atoms with van der Waals surface area (Å²) in [6.07, 6.45) is 1.60. The number of phenolic OH excluding ortho intramolecular Hbond substituents is 3. The highest BCUT2D eigenvalue weighted by Gasteiger charge is 2.34. The van der Waals surface area contributed by atoms with E-state index >= 15 is 0 Å². The quantitative estimate of drug-likeness (QED) is 0.0209. The van der Waals surface area contributed by atoms with Crippen LogP contribution in [0, 0.1) is 11.3 Å². The number of aromatic carboxylic acids is 1. The number of aliphatic carboxylic acids is 1. The molecule has 0 radical (unpaired) electrons. The SMILES string of the molecule is CN(C)c1ccc(/C=C2/Oc3cc(O)ccc3C2=O)cc1.CN(C)c1ccc(/C=C2/Oc3ccccc3C2=O)cc1.N#C/C(=C/c1ccc(O)cc1)C(=O)O.NS(=O)(=O)c1cc(C(=O)O)c(NCc2ccco2)cc1Cl.O=C1NC(=O)/C(=C/c2ccc(O)c(Br)c2)S1.O=C1NC(=O)/C(=C/c2cccc(C(F)(F)F)c2)S1.O=C1NC(=S)S/C1=C\c1cccc(C(F)(F)F)c1. The number of thioether (sulfide) groups is 3. The summed E-state index contributed by atoms with van der Waals surface area (Å²) in [6.45, 7) is 0.221. The first kappa shape index (κ1) is 97.8. The lowest BCUT2D eigenvalue weighted by Crippen LogP contribution is -2.17. The van der Waals surface area contributed by atoms with Crippen molar-refractivity contribution in [1.29, 1.82) is 5.26 Å². The number of allylic oxidation sites excluding steroid dienone is 2. The highest BCUT2D eigenvalue weighted by atomic mass is 79.9. The van der Waals surface area contributed by atoms with Gasteiger partial charge in [0, 0.05) is 45.6 Å². The molecule has 5 amide bonds.